The van der Waals surface area contributed by atoms with Gasteiger partial charge in [-0.2, -0.15) is 4.68 Å². The molecule has 0 unspecified atom stereocenters. The minimum absolute atomic E-state index is 0.0752. The second-order valence-corrected chi connectivity index (χ2v) is 9.06. The van der Waals surface area contributed by atoms with Crippen LogP contribution >= 0.6 is 12.2 Å². The van der Waals surface area contributed by atoms with E-state index in [1.807, 2.05) is 58.0 Å². The summed E-state index contributed by atoms with van der Waals surface area (Å²) >= 11 is 5.40. The summed E-state index contributed by atoms with van der Waals surface area (Å²) in [6.07, 6.45) is 2.35. The van der Waals surface area contributed by atoms with Crippen LogP contribution in [0, 0.1) is 10.7 Å². The third-order valence-corrected chi connectivity index (χ3v) is 5.63. The number of aromatic amines is 1. The number of aryl methyl sites for hydroxylation is 1. The molecular weight excluding hydrogens is 428 g/mol. The summed E-state index contributed by atoms with van der Waals surface area (Å²) in [7, 11) is 0. The Balaban J connectivity index is 2.42. The molecule has 9 heteroatoms. The zero-order chi connectivity index (χ0) is 23.8. The van der Waals surface area contributed by atoms with Gasteiger partial charge in [0, 0.05) is 6.42 Å². The van der Waals surface area contributed by atoms with Gasteiger partial charge >= 0.3 is 0 Å². The van der Waals surface area contributed by atoms with E-state index in [-0.39, 0.29) is 41.2 Å². The maximum absolute atomic E-state index is 13.3. The van der Waals surface area contributed by atoms with Gasteiger partial charge in [0.15, 0.2) is 4.77 Å². The molecule has 0 saturated heterocycles. The number of hydrogen-bond acceptors (Lipinski definition) is 5. The van der Waals surface area contributed by atoms with Crippen molar-refractivity contribution < 1.29 is 19.9 Å². The minimum atomic E-state index is -1.04. The summed E-state index contributed by atoms with van der Waals surface area (Å²) in [6, 6.07) is 8.77. The van der Waals surface area contributed by atoms with Crippen LogP contribution in [0.1, 0.15) is 70.6 Å². The largest absolute Gasteiger partial charge is 0.492 e. The Bertz CT molecular complexity index is 953. The Labute approximate surface area is 194 Å². The van der Waals surface area contributed by atoms with Gasteiger partial charge in [-0.15, -0.1) is 0 Å². The lowest BCUT2D eigenvalue weighted by molar-refractivity contribution is -0.134. The lowest BCUT2D eigenvalue weighted by atomic mass is 10.0. The van der Waals surface area contributed by atoms with Crippen molar-refractivity contribution in [3.8, 4) is 5.88 Å². The van der Waals surface area contributed by atoms with E-state index in [0.717, 1.165) is 5.56 Å². The number of carbonyl (C=O) groups is 2. The van der Waals surface area contributed by atoms with Crippen LogP contribution in [0.25, 0.3) is 0 Å². The predicted molar refractivity (Wildman–Crippen MR) is 126 cm³/mol. The van der Waals surface area contributed by atoms with E-state index in [2.05, 4.69) is 4.98 Å². The van der Waals surface area contributed by atoms with Gasteiger partial charge in [-0.3, -0.25) is 14.8 Å². The Morgan fingerprint density at radius 3 is 2.34 bits per heavy atom. The smallest absolute Gasteiger partial charge is 0.268 e. The number of hydroxylamine groups is 1. The van der Waals surface area contributed by atoms with Gasteiger partial charge in [0.1, 0.15) is 6.04 Å². The summed E-state index contributed by atoms with van der Waals surface area (Å²) < 4.78 is 1.30. The van der Waals surface area contributed by atoms with E-state index in [4.69, 9.17) is 12.2 Å². The molecule has 2 aromatic rings. The van der Waals surface area contributed by atoms with Gasteiger partial charge in [-0.05, 0) is 55.3 Å². The van der Waals surface area contributed by atoms with Crippen LogP contribution in [0.2, 0.25) is 0 Å². The number of rotatable bonds is 11. The van der Waals surface area contributed by atoms with E-state index in [9.17, 15) is 19.9 Å². The highest BCUT2D eigenvalue weighted by molar-refractivity contribution is 7.71. The fraction of sp³-hybridized carbons (Fsp3) is 0.522. The molecule has 1 heterocycles. The van der Waals surface area contributed by atoms with Crippen LogP contribution < -0.4 is 10.5 Å². The van der Waals surface area contributed by atoms with Crippen molar-refractivity contribution in [2.24, 2.45) is 5.92 Å². The average Bonchev–Trinajstić information content (AvgIpc) is 3.06. The quantitative estimate of drug-likeness (QED) is 0.228. The number of amides is 2. The van der Waals surface area contributed by atoms with Crippen LogP contribution in [-0.4, -0.2) is 37.8 Å². The summed E-state index contributed by atoms with van der Waals surface area (Å²) in [5.41, 5.74) is 3.26. The Morgan fingerprint density at radius 1 is 1.16 bits per heavy atom. The molecule has 0 fully saturated rings. The van der Waals surface area contributed by atoms with Crippen LogP contribution in [0.4, 0.5) is 0 Å². The molecule has 0 bridgehead atoms. The summed E-state index contributed by atoms with van der Waals surface area (Å²) in [5.74, 6) is -1.09. The van der Waals surface area contributed by atoms with E-state index in [0.29, 0.717) is 25.0 Å². The monoisotopic (exact) mass is 462 g/mol. The number of nitrogens with one attached hydrogen (secondary N) is 2. The number of nitrogens with zero attached hydrogens (tertiary/aromatic N) is 2. The number of aromatic nitrogens is 2. The molecule has 0 aliphatic carbocycles. The Hall–Kier alpha value is -2.65. The highest BCUT2D eigenvalue weighted by atomic mass is 32.1. The van der Waals surface area contributed by atoms with Crippen molar-refractivity contribution in [3.05, 3.63) is 46.4 Å². The standard InChI is InChI=1S/C23H34N4O4S/c1-15(2)13-14-19(28)26(27-22(30)20(16(3)4)24-23(27)32)18(21(29)25-31)12-8-11-17-9-6-5-7-10-17/h5-7,9-10,15-16,18,30-31H,8,11-14H2,1-4H3,(H,24,32)(H,25,29)/t18-/m0/s1. The molecule has 4 N–H and O–H groups in total. The zero-order valence-electron chi connectivity index (χ0n) is 19.2. The molecule has 8 nitrogen and oxygen atoms in total. The molecule has 0 aliphatic rings. The fourth-order valence-corrected chi connectivity index (χ4v) is 3.86. The van der Waals surface area contributed by atoms with Crippen molar-refractivity contribution >= 4 is 24.0 Å². The normalized spacial score (nSPS) is 12.2. The van der Waals surface area contributed by atoms with Gasteiger partial charge in [0.05, 0.1) is 5.69 Å². The van der Waals surface area contributed by atoms with Crippen LogP contribution in [0.3, 0.4) is 0 Å². The molecular formula is C23H34N4O4S. The molecule has 2 amide bonds. The van der Waals surface area contributed by atoms with Crippen molar-refractivity contribution in [1.82, 2.24) is 15.1 Å². The van der Waals surface area contributed by atoms with Crippen LogP contribution in [0.15, 0.2) is 30.3 Å². The molecule has 0 saturated carbocycles. The zero-order valence-corrected chi connectivity index (χ0v) is 20.0. The number of carbonyl (C=O) groups excluding carboxylic acids is 2. The van der Waals surface area contributed by atoms with E-state index in [1.54, 1.807) is 5.48 Å². The van der Waals surface area contributed by atoms with Crippen molar-refractivity contribution in [1.29, 1.82) is 0 Å². The molecule has 0 radical (unpaired) electrons. The van der Waals surface area contributed by atoms with Gasteiger partial charge in [0.2, 0.25) is 11.8 Å². The fourth-order valence-electron chi connectivity index (χ4n) is 3.57. The number of hydrogen-bond donors (Lipinski definition) is 4. The first-order valence-corrected chi connectivity index (χ1v) is 11.4. The Kier molecular flexibility index (Phi) is 9.46. The average molecular weight is 463 g/mol. The van der Waals surface area contributed by atoms with Gasteiger partial charge < -0.3 is 10.1 Å². The van der Waals surface area contributed by atoms with E-state index >= 15 is 0 Å². The predicted octanol–water partition coefficient (Wildman–Crippen LogP) is 4.17. The third-order valence-electron chi connectivity index (χ3n) is 5.35. The SMILES string of the molecule is CC(C)CCC(=O)N([C@@H](CCCc1ccccc1)C(=O)NO)n1c(O)c(C(C)C)[nH]c1=S. The molecule has 1 aromatic heterocycles. The molecule has 32 heavy (non-hydrogen) atoms. The van der Waals surface area contributed by atoms with E-state index in [1.165, 1.54) is 9.69 Å². The number of H-pyrrole nitrogens is 1. The van der Waals surface area contributed by atoms with Crippen LogP contribution in [0.5, 0.6) is 5.88 Å². The minimum Gasteiger partial charge on any atom is -0.492 e. The number of benzene rings is 1. The highest BCUT2D eigenvalue weighted by Crippen LogP contribution is 2.27. The Morgan fingerprint density at radius 2 is 1.81 bits per heavy atom. The first-order valence-electron chi connectivity index (χ1n) is 11.0. The number of aromatic hydroxyl groups is 1. The van der Waals surface area contributed by atoms with Crippen molar-refractivity contribution in [3.63, 3.8) is 0 Å². The molecule has 176 valence electrons. The number of imidazole rings is 1. The first kappa shape index (κ1) is 25.6. The second-order valence-electron chi connectivity index (χ2n) is 8.67. The van der Waals surface area contributed by atoms with Crippen LogP contribution in [-0.2, 0) is 16.0 Å². The van der Waals surface area contributed by atoms with Crippen molar-refractivity contribution in [2.75, 3.05) is 5.01 Å². The third kappa shape index (κ3) is 6.43. The molecule has 0 aliphatic heterocycles. The van der Waals surface area contributed by atoms with Gasteiger partial charge in [-0.25, -0.2) is 10.5 Å². The molecule has 0 spiro atoms. The van der Waals surface area contributed by atoms with E-state index < -0.39 is 11.9 Å². The lowest BCUT2D eigenvalue weighted by Gasteiger charge is -2.31. The second kappa shape index (κ2) is 11.8. The summed E-state index contributed by atoms with van der Waals surface area (Å²) in [5, 5.41) is 21.5. The molecule has 1 atom stereocenters. The lowest BCUT2D eigenvalue weighted by Crippen LogP contribution is -2.54. The summed E-state index contributed by atoms with van der Waals surface area (Å²) in [4.78, 5) is 28.9. The van der Waals surface area contributed by atoms with Gasteiger partial charge in [0.25, 0.3) is 5.91 Å². The first-order chi connectivity index (χ1) is 15.2. The molecule has 1 aromatic carbocycles. The van der Waals surface area contributed by atoms with Crippen molar-refractivity contribution in [2.45, 2.75) is 71.8 Å². The molecule has 2 rings (SSSR count). The highest BCUT2D eigenvalue weighted by Gasteiger charge is 2.34. The summed E-state index contributed by atoms with van der Waals surface area (Å²) in [6.45, 7) is 7.78. The maximum atomic E-state index is 13.3. The maximum Gasteiger partial charge on any atom is 0.268 e. The van der Waals surface area contributed by atoms with Gasteiger partial charge in [-0.1, -0.05) is 58.0 Å². The topological polar surface area (TPSA) is 111 Å².